The number of nitrogens with zero attached hydrogens (tertiary/aromatic N) is 4. The van der Waals surface area contributed by atoms with Gasteiger partial charge < -0.3 is 25.4 Å². The number of ether oxygens (including phenoxy) is 1. The van der Waals surface area contributed by atoms with E-state index in [1.54, 1.807) is 6.92 Å². The minimum atomic E-state index is -0.841. The topological polar surface area (TPSA) is 103 Å². The molecule has 1 aromatic heterocycles. The lowest BCUT2D eigenvalue weighted by molar-refractivity contribution is 0.0865. The first kappa shape index (κ1) is 23.3. The Morgan fingerprint density at radius 1 is 1.29 bits per heavy atom. The lowest BCUT2D eigenvalue weighted by atomic mass is 10.1. The van der Waals surface area contributed by atoms with Crippen LogP contribution < -0.4 is 25.2 Å². The molecule has 11 heteroatoms. The van der Waals surface area contributed by atoms with Crippen LogP contribution >= 0.6 is 11.6 Å². The number of aliphatic hydroxyl groups excluding tert-OH is 1. The van der Waals surface area contributed by atoms with Gasteiger partial charge in [0.2, 0.25) is 11.8 Å². The molecule has 0 radical (unpaired) electrons. The van der Waals surface area contributed by atoms with E-state index >= 15 is 0 Å². The summed E-state index contributed by atoms with van der Waals surface area (Å²) in [5.41, 5.74) is 2.49. The second kappa shape index (κ2) is 9.65. The summed E-state index contributed by atoms with van der Waals surface area (Å²) in [5.74, 6) is -0.836. The maximum atomic E-state index is 14.5. The van der Waals surface area contributed by atoms with Gasteiger partial charge in [0.25, 0.3) is 5.91 Å². The molecular formula is C24H24ClFN6O3. The van der Waals surface area contributed by atoms with Crippen molar-refractivity contribution in [1.82, 2.24) is 15.3 Å². The molecule has 9 nitrogen and oxygen atoms in total. The lowest BCUT2D eigenvalue weighted by Crippen LogP contribution is -2.47. The van der Waals surface area contributed by atoms with Crippen molar-refractivity contribution in [3.8, 4) is 5.88 Å². The van der Waals surface area contributed by atoms with Crippen LogP contribution in [0.25, 0.3) is 0 Å². The number of hydrogen-bond acceptors (Lipinski definition) is 8. The molecule has 3 N–H and O–H groups in total. The number of hydrogen-bond donors (Lipinski definition) is 3. The molecule has 0 aliphatic carbocycles. The van der Waals surface area contributed by atoms with Gasteiger partial charge in [0.1, 0.15) is 17.1 Å². The van der Waals surface area contributed by atoms with E-state index < -0.39 is 18.0 Å². The number of para-hydroxylation sites is 1. The van der Waals surface area contributed by atoms with E-state index in [1.165, 1.54) is 24.4 Å². The predicted octanol–water partition coefficient (Wildman–Crippen LogP) is 3.30. The molecule has 1 atom stereocenters. The molecule has 3 aromatic rings. The summed E-state index contributed by atoms with van der Waals surface area (Å²) in [5, 5.41) is 16.4. The normalized spacial score (nSPS) is 17.7. The number of rotatable bonds is 5. The van der Waals surface area contributed by atoms with E-state index in [0.717, 1.165) is 42.3 Å². The molecule has 0 bridgehead atoms. The third-order valence-electron chi connectivity index (χ3n) is 5.99. The van der Waals surface area contributed by atoms with Crippen LogP contribution in [-0.4, -0.2) is 53.4 Å². The Kier molecular flexibility index (Phi) is 6.42. The highest BCUT2D eigenvalue weighted by atomic mass is 35.5. The fourth-order valence-corrected chi connectivity index (χ4v) is 4.56. The minimum absolute atomic E-state index is 0.0550. The van der Waals surface area contributed by atoms with Gasteiger partial charge in [-0.1, -0.05) is 17.7 Å². The van der Waals surface area contributed by atoms with Crippen LogP contribution in [0.15, 0.2) is 42.6 Å². The van der Waals surface area contributed by atoms with Gasteiger partial charge >= 0.3 is 0 Å². The number of carbonyl (C=O) groups is 1. The van der Waals surface area contributed by atoms with Crippen LogP contribution in [-0.2, 0) is 6.61 Å². The van der Waals surface area contributed by atoms with Gasteiger partial charge in [-0.3, -0.25) is 9.69 Å². The van der Waals surface area contributed by atoms with Crippen molar-refractivity contribution in [2.45, 2.75) is 19.8 Å². The third kappa shape index (κ3) is 4.47. The number of aliphatic hydroxyl groups is 1. The smallest absolute Gasteiger partial charge is 0.268 e. The number of halogens is 2. The zero-order valence-corrected chi connectivity index (χ0v) is 19.7. The number of fused-ring (bicyclic) bond motifs is 1. The van der Waals surface area contributed by atoms with Crippen LogP contribution in [0.3, 0.4) is 0 Å². The summed E-state index contributed by atoms with van der Waals surface area (Å²) in [6.07, 6.45) is 0.495. The fraction of sp³-hybridized carbons (Fsp3) is 0.292. The van der Waals surface area contributed by atoms with Crippen molar-refractivity contribution < 1.29 is 19.0 Å². The number of anilines is 4. The number of benzene rings is 2. The molecule has 5 rings (SSSR count). The largest absolute Gasteiger partial charge is 0.453 e. The Bertz CT molecular complexity index is 1250. The Morgan fingerprint density at radius 2 is 2.09 bits per heavy atom. The van der Waals surface area contributed by atoms with Crippen LogP contribution in [0, 0.1) is 5.82 Å². The summed E-state index contributed by atoms with van der Waals surface area (Å²) in [6, 6.07) is 9.89. The molecule has 0 spiro atoms. The third-order valence-corrected chi connectivity index (χ3v) is 6.30. The average molecular weight is 499 g/mol. The van der Waals surface area contributed by atoms with Gasteiger partial charge in [0, 0.05) is 49.3 Å². The average Bonchev–Trinajstić information content (AvgIpc) is 2.86. The number of nitrogens with one attached hydrogen (secondary N) is 2. The SMILES string of the molecule is CC1Oc2nc(Nc3ccc(N4CCNCC4)c(CO)c3)ncc2C(=O)N1c1c(F)cccc1Cl. The van der Waals surface area contributed by atoms with Crippen LogP contribution in [0.1, 0.15) is 22.8 Å². The van der Waals surface area contributed by atoms with E-state index in [4.69, 9.17) is 16.3 Å². The summed E-state index contributed by atoms with van der Waals surface area (Å²) in [6.45, 7) is 5.03. The maximum absolute atomic E-state index is 14.5. The van der Waals surface area contributed by atoms with Gasteiger partial charge in [0.15, 0.2) is 6.23 Å². The van der Waals surface area contributed by atoms with E-state index in [-0.39, 0.29) is 34.7 Å². The Morgan fingerprint density at radius 3 is 2.83 bits per heavy atom. The minimum Gasteiger partial charge on any atom is -0.453 e. The van der Waals surface area contributed by atoms with Crippen molar-refractivity contribution in [2.24, 2.45) is 0 Å². The summed E-state index contributed by atoms with van der Waals surface area (Å²) >= 11 is 6.17. The number of aromatic nitrogens is 2. The van der Waals surface area contributed by atoms with E-state index in [0.29, 0.717) is 5.69 Å². The van der Waals surface area contributed by atoms with Gasteiger partial charge in [0.05, 0.1) is 11.6 Å². The fourth-order valence-electron chi connectivity index (χ4n) is 4.31. The number of piperazine rings is 1. The first-order valence-corrected chi connectivity index (χ1v) is 11.6. The highest BCUT2D eigenvalue weighted by Crippen LogP contribution is 2.36. The predicted molar refractivity (Wildman–Crippen MR) is 131 cm³/mol. The van der Waals surface area contributed by atoms with Gasteiger partial charge in [-0.05, 0) is 37.3 Å². The van der Waals surface area contributed by atoms with Crippen molar-refractivity contribution in [2.75, 3.05) is 41.3 Å². The molecule has 2 aliphatic rings. The second-order valence-electron chi connectivity index (χ2n) is 8.24. The number of carbonyl (C=O) groups excluding carboxylic acids is 1. The maximum Gasteiger partial charge on any atom is 0.268 e. The molecule has 1 amide bonds. The highest BCUT2D eigenvalue weighted by Gasteiger charge is 2.36. The zero-order chi connectivity index (χ0) is 24.5. The molecule has 3 heterocycles. The molecule has 1 fully saturated rings. The van der Waals surface area contributed by atoms with Gasteiger partial charge in [-0.25, -0.2) is 9.37 Å². The monoisotopic (exact) mass is 498 g/mol. The Hall–Kier alpha value is -3.47. The van der Waals surface area contributed by atoms with Gasteiger partial charge in [-0.15, -0.1) is 0 Å². The highest BCUT2D eigenvalue weighted by molar-refractivity contribution is 6.34. The van der Waals surface area contributed by atoms with E-state index in [1.807, 2.05) is 18.2 Å². The van der Waals surface area contributed by atoms with E-state index in [2.05, 4.69) is 25.5 Å². The quantitative estimate of drug-likeness (QED) is 0.492. The van der Waals surface area contributed by atoms with Crippen molar-refractivity contribution >= 4 is 40.5 Å². The molecular weight excluding hydrogens is 475 g/mol. The van der Waals surface area contributed by atoms with Crippen LogP contribution in [0.4, 0.5) is 27.4 Å². The van der Waals surface area contributed by atoms with Gasteiger partial charge in [-0.2, -0.15) is 4.98 Å². The Balaban J connectivity index is 1.39. The van der Waals surface area contributed by atoms with Crippen molar-refractivity contribution in [3.63, 3.8) is 0 Å². The molecule has 2 aromatic carbocycles. The molecule has 0 saturated carbocycles. The summed E-state index contributed by atoms with van der Waals surface area (Å²) in [4.78, 5) is 25.1. The molecule has 1 saturated heterocycles. The Labute approximate surface area is 206 Å². The molecule has 2 aliphatic heterocycles. The van der Waals surface area contributed by atoms with Crippen LogP contribution in [0.2, 0.25) is 5.02 Å². The van der Waals surface area contributed by atoms with Crippen molar-refractivity contribution in [1.29, 1.82) is 0 Å². The number of amides is 1. The molecule has 182 valence electrons. The molecule has 1 unspecified atom stereocenters. The van der Waals surface area contributed by atoms with E-state index in [9.17, 15) is 14.3 Å². The van der Waals surface area contributed by atoms with Crippen molar-refractivity contribution in [3.05, 3.63) is 64.6 Å². The summed E-state index contributed by atoms with van der Waals surface area (Å²) in [7, 11) is 0. The first-order valence-electron chi connectivity index (χ1n) is 11.2. The van der Waals surface area contributed by atoms with Crippen LogP contribution in [0.5, 0.6) is 5.88 Å². The first-order chi connectivity index (χ1) is 17.0. The summed E-state index contributed by atoms with van der Waals surface area (Å²) < 4.78 is 20.3. The second-order valence-corrected chi connectivity index (χ2v) is 8.65. The molecule has 35 heavy (non-hydrogen) atoms. The lowest BCUT2D eigenvalue weighted by Gasteiger charge is -2.34. The standard InChI is InChI=1S/C24H24ClFN6O3/c1-14-32(21-18(25)3-2-4-19(21)26)23(34)17-12-28-24(30-22(17)35-14)29-16-5-6-20(15(11-16)13-33)31-9-7-27-8-10-31/h2-6,11-12,14,27,33H,7-10,13H2,1H3,(H,28,29,30). The zero-order valence-electron chi connectivity index (χ0n) is 19.0.